The molecule has 32 heavy (non-hydrogen) atoms. The Bertz CT molecular complexity index is 1020. The minimum Gasteiger partial charge on any atom is -0.375 e. The fourth-order valence-corrected chi connectivity index (χ4v) is 4.22. The van der Waals surface area contributed by atoms with Crippen molar-refractivity contribution >= 4 is 5.91 Å². The second-order valence-electron chi connectivity index (χ2n) is 8.84. The Kier molecular flexibility index (Phi) is 6.27. The van der Waals surface area contributed by atoms with Crippen molar-refractivity contribution in [1.82, 2.24) is 25.0 Å². The van der Waals surface area contributed by atoms with Crippen LogP contribution in [-0.2, 0) is 22.6 Å². The lowest BCUT2D eigenvalue weighted by molar-refractivity contribution is -0.132. The molecule has 1 aromatic carbocycles. The fourth-order valence-electron chi connectivity index (χ4n) is 4.22. The summed E-state index contributed by atoms with van der Waals surface area (Å²) in [6, 6.07) is 14.1. The number of H-pyrrole nitrogens is 1. The van der Waals surface area contributed by atoms with Crippen LogP contribution in [0.3, 0.4) is 0 Å². The number of ether oxygens (including phenoxy) is 1. The Morgan fingerprint density at radius 3 is 2.69 bits per heavy atom. The quantitative estimate of drug-likeness (QED) is 0.593. The highest BCUT2D eigenvalue weighted by Gasteiger charge is 2.31. The number of carbonyl (C=O) groups excluding carboxylic acids is 1. The van der Waals surface area contributed by atoms with E-state index in [1.807, 2.05) is 47.6 Å². The van der Waals surface area contributed by atoms with Crippen LogP contribution in [0.25, 0.3) is 11.3 Å². The van der Waals surface area contributed by atoms with E-state index in [2.05, 4.69) is 32.2 Å². The standard InChI is InChI=1S/C25H29N5O2/c31-24-17-29(14-22-12-27-28-25(22)21-6-2-1-3-7-21)15-23(32-18-19-8-9-19)16-30(24)13-20-5-4-10-26-11-20/h1-7,10-12,19,23H,8-9,13-18H2,(H,27,28)/t23-/m0/s1. The average molecular weight is 432 g/mol. The minimum absolute atomic E-state index is 0.00852. The summed E-state index contributed by atoms with van der Waals surface area (Å²) in [6.45, 7) is 3.69. The first-order valence-electron chi connectivity index (χ1n) is 11.3. The molecule has 1 aliphatic heterocycles. The number of amides is 1. The lowest BCUT2D eigenvalue weighted by atomic mass is 10.1. The summed E-state index contributed by atoms with van der Waals surface area (Å²) >= 11 is 0. The van der Waals surface area contributed by atoms with Gasteiger partial charge in [0.15, 0.2) is 0 Å². The molecule has 0 bridgehead atoms. The van der Waals surface area contributed by atoms with Gasteiger partial charge in [-0.25, -0.2) is 0 Å². The van der Waals surface area contributed by atoms with Crippen molar-refractivity contribution in [1.29, 1.82) is 0 Å². The maximum atomic E-state index is 13.2. The molecule has 1 atom stereocenters. The molecule has 1 N–H and O–H groups in total. The van der Waals surface area contributed by atoms with E-state index in [1.54, 1.807) is 6.20 Å². The molecule has 3 heterocycles. The van der Waals surface area contributed by atoms with Crippen molar-refractivity contribution in [2.45, 2.75) is 32.0 Å². The first-order chi connectivity index (χ1) is 15.7. The molecule has 7 heteroatoms. The summed E-state index contributed by atoms with van der Waals surface area (Å²) in [5.41, 5.74) is 4.23. The first-order valence-corrected chi connectivity index (χ1v) is 11.3. The highest BCUT2D eigenvalue weighted by molar-refractivity contribution is 5.78. The first kappa shape index (κ1) is 20.8. The van der Waals surface area contributed by atoms with Gasteiger partial charge in [-0.1, -0.05) is 36.4 Å². The molecule has 5 rings (SSSR count). The van der Waals surface area contributed by atoms with Gasteiger partial charge in [-0.2, -0.15) is 5.10 Å². The third kappa shape index (κ3) is 5.23. The maximum absolute atomic E-state index is 13.2. The minimum atomic E-state index is -0.00852. The summed E-state index contributed by atoms with van der Waals surface area (Å²) in [6.07, 6.45) is 7.95. The highest BCUT2D eigenvalue weighted by atomic mass is 16.5. The van der Waals surface area contributed by atoms with Crippen molar-refractivity contribution in [2.24, 2.45) is 5.92 Å². The van der Waals surface area contributed by atoms with Crippen molar-refractivity contribution in [3.05, 3.63) is 72.2 Å². The molecular weight excluding hydrogens is 402 g/mol. The number of rotatable bonds is 8. The summed E-state index contributed by atoms with van der Waals surface area (Å²) < 4.78 is 6.29. The van der Waals surface area contributed by atoms with E-state index in [0.717, 1.165) is 35.5 Å². The Balaban J connectivity index is 1.32. The van der Waals surface area contributed by atoms with Crippen LogP contribution < -0.4 is 0 Å². The molecule has 3 aromatic rings. The topological polar surface area (TPSA) is 74.3 Å². The summed E-state index contributed by atoms with van der Waals surface area (Å²) in [5, 5.41) is 7.41. The van der Waals surface area contributed by atoms with Gasteiger partial charge < -0.3 is 9.64 Å². The number of aromatic amines is 1. The predicted molar refractivity (Wildman–Crippen MR) is 121 cm³/mol. The third-order valence-corrected chi connectivity index (χ3v) is 6.13. The van der Waals surface area contributed by atoms with Crippen molar-refractivity contribution < 1.29 is 9.53 Å². The van der Waals surface area contributed by atoms with E-state index in [1.165, 1.54) is 12.8 Å². The summed E-state index contributed by atoms with van der Waals surface area (Å²) in [7, 11) is 0. The normalized spacial score (nSPS) is 19.8. The van der Waals surface area contributed by atoms with Crippen LogP contribution in [0.2, 0.25) is 0 Å². The number of hydrogen-bond donors (Lipinski definition) is 1. The number of nitrogens with zero attached hydrogens (tertiary/aromatic N) is 4. The Labute approximate surface area is 188 Å². The monoisotopic (exact) mass is 431 g/mol. The molecule has 2 aromatic heterocycles. The van der Waals surface area contributed by atoms with Gasteiger partial charge in [0.2, 0.25) is 5.91 Å². The number of carbonyl (C=O) groups is 1. The zero-order valence-corrected chi connectivity index (χ0v) is 18.2. The highest BCUT2D eigenvalue weighted by Crippen LogP contribution is 2.30. The summed E-state index contributed by atoms with van der Waals surface area (Å²) in [5.74, 6) is 0.809. The van der Waals surface area contributed by atoms with E-state index in [0.29, 0.717) is 32.1 Å². The average Bonchev–Trinajstić information content (AvgIpc) is 3.56. The van der Waals surface area contributed by atoms with Crippen molar-refractivity contribution in [3.63, 3.8) is 0 Å². The third-order valence-electron chi connectivity index (χ3n) is 6.13. The SMILES string of the molecule is O=C1CN(Cc2cn[nH]c2-c2ccccc2)C[C@H](OCC2CC2)CN1Cc1cccnc1. The molecule has 2 fully saturated rings. The van der Waals surface area contributed by atoms with Crippen LogP contribution in [0.5, 0.6) is 0 Å². The molecule has 166 valence electrons. The Hall–Kier alpha value is -3.03. The second kappa shape index (κ2) is 9.63. The maximum Gasteiger partial charge on any atom is 0.237 e. The zero-order chi connectivity index (χ0) is 21.8. The lowest BCUT2D eigenvalue weighted by Crippen LogP contribution is -2.37. The Morgan fingerprint density at radius 2 is 1.91 bits per heavy atom. The number of hydrogen-bond acceptors (Lipinski definition) is 5. The van der Waals surface area contributed by atoms with E-state index >= 15 is 0 Å². The van der Waals surface area contributed by atoms with Crippen LogP contribution in [-0.4, -0.2) is 63.2 Å². The fraction of sp³-hybridized carbons (Fsp3) is 0.400. The van der Waals surface area contributed by atoms with Gasteiger partial charge >= 0.3 is 0 Å². The Morgan fingerprint density at radius 1 is 1.03 bits per heavy atom. The molecule has 1 saturated carbocycles. The van der Waals surface area contributed by atoms with Gasteiger partial charge in [-0.3, -0.25) is 19.8 Å². The van der Waals surface area contributed by atoms with E-state index in [9.17, 15) is 4.79 Å². The van der Waals surface area contributed by atoms with E-state index < -0.39 is 0 Å². The summed E-state index contributed by atoms with van der Waals surface area (Å²) in [4.78, 5) is 21.5. The molecule has 1 aliphatic carbocycles. The lowest BCUT2D eigenvalue weighted by Gasteiger charge is -2.25. The van der Waals surface area contributed by atoms with Crippen molar-refractivity contribution in [3.8, 4) is 11.3 Å². The van der Waals surface area contributed by atoms with Crippen LogP contribution in [0.15, 0.2) is 61.1 Å². The van der Waals surface area contributed by atoms with Gasteiger partial charge in [0.1, 0.15) is 0 Å². The van der Waals surface area contributed by atoms with Crippen molar-refractivity contribution in [2.75, 3.05) is 26.2 Å². The van der Waals surface area contributed by atoms with Gasteiger partial charge in [0.25, 0.3) is 0 Å². The molecule has 0 unspecified atom stereocenters. The second-order valence-corrected chi connectivity index (χ2v) is 8.84. The van der Waals surface area contributed by atoms with Crippen LogP contribution >= 0.6 is 0 Å². The molecule has 1 saturated heterocycles. The van der Waals surface area contributed by atoms with Gasteiger partial charge in [-0.15, -0.1) is 0 Å². The smallest absolute Gasteiger partial charge is 0.237 e. The molecular formula is C25H29N5O2. The number of pyridine rings is 1. The van der Waals surface area contributed by atoms with Crippen LogP contribution in [0.4, 0.5) is 0 Å². The van der Waals surface area contributed by atoms with Crippen LogP contribution in [0, 0.1) is 5.92 Å². The largest absolute Gasteiger partial charge is 0.375 e. The molecule has 0 spiro atoms. The van der Waals surface area contributed by atoms with E-state index in [-0.39, 0.29) is 12.0 Å². The zero-order valence-electron chi connectivity index (χ0n) is 18.2. The predicted octanol–water partition coefficient (Wildman–Crippen LogP) is 3.11. The number of nitrogens with one attached hydrogen (secondary N) is 1. The number of benzene rings is 1. The molecule has 2 aliphatic rings. The molecule has 7 nitrogen and oxygen atoms in total. The van der Waals surface area contributed by atoms with Gasteiger partial charge in [0.05, 0.1) is 24.5 Å². The number of aromatic nitrogens is 3. The van der Waals surface area contributed by atoms with E-state index in [4.69, 9.17) is 4.74 Å². The van der Waals surface area contributed by atoms with Gasteiger partial charge in [-0.05, 0) is 36.0 Å². The van der Waals surface area contributed by atoms with Gasteiger partial charge in [0, 0.05) is 50.7 Å². The molecule has 0 radical (unpaired) electrons. The molecule has 1 amide bonds. The van der Waals surface area contributed by atoms with Crippen LogP contribution in [0.1, 0.15) is 24.0 Å².